The van der Waals surface area contributed by atoms with Gasteiger partial charge in [0.1, 0.15) is 5.75 Å². The van der Waals surface area contributed by atoms with Crippen LogP contribution in [0.1, 0.15) is 37.8 Å². The van der Waals surface area contributed by atoms with Crippen LogP contribution in [0.25, 0.3) is 0 Å². The van der Waals surface area contributed by atoms with Crippen molar-refractivity contribution in [3.63, 3.8) is 0 Å². The Morgan fingerprint density at radius 3 is 2.56 bits per heavy atom. The number of carbonyl (C=O) groups excluding carboxylic acids is 1. The van der Waals surface area contributed by atoms with Gasteiger partial charge in [0.25, 0.3) is 0 Å². The average molecular weight is 251 g/mol. The lowest BCUT2D eigenvalue weighted by atomic mass is 10.1. The summed E-state index contributed by atoms with van der Waals surface area (Å²) in [4.78, 5) is 11.6. The number of nitrogens with one attached hydrogen (secondary N) is 1. The second-order valence-electron chi connectivity index (χ2n) is 4.24. The molecule has 0 bridgehead atoms. The molecule has 0 heterocycles. The summed E-state index contributed by atoms with van der Waals surface area (Å²) >= 11 is 0. The topological polar surface area (TPSA) is 58.6 Å². The summed E-state index contributed by atoms with van der Waals surface area (Å²) in [5, 5.41) is 11.6. The summed E-state index contributed by atoms with van der Waals surface area (Å²) in [6.45, 7) is 2.09. The summed E-state index contributed by atoms with van der Waals surface area (Å²) < 4.78 is 5.08. The van der Waals surface area contributed by atoms with Crippen molar-refractivity contribution in [3.8, 4) is 5.75 Å². The van der Waals surface area contributed by atoms with E-state index in [9.17, 15) is 4.79 Å². The third kappa shape index (κ3) is 4.75. The van der Waals surface area contributed by atoms with Gasteiger partial charge in [0, 0.05) is 13.0 Å². The Bertz CT molecular complexity index is 362. The standard InChI is InChI=1S/C14H21NO3/c1-11(15-14(17)5-3-4-10-16)12-6-8-13(18-2)9-7-12/h6-9,11,16H,3-5,10H2,1-2H3,(H,15,17)/t11-/m1/s1. The minimum atomic E-state index is -0.0162. The molecule has 0 saturated carbocycles. The highest BCUT2D eigenvalue weighted by molar-refractivity contribution is 5.76. The Hall–Kier alpha value is -1.55. The summed E-state index contributed by atoms with van der Waals surface area (Å²) in [7, 11) is 1.63. The predicted molar refractivity (Wildman–Crippen MR) is 70.5 cm³/mol. The van der Waals surface area contributed by atoms with Crippen molar-refractivity contribution in [3.05, 3.63) is 29.8 Å². The van der Waals surface area contributed by atoms with Gasteiger partial charge in [-0.05, 0) is 37.5 Å². The zero-order chi connectivity index (χ0) is 13.4. The number of carbonyl (C=O) groups is 1. The van der Waals surface area contributed by atoms with E-state index in [0.717, 1.165) is 17.7 Å². The van der Waals surface area contributed by atoms with Crippen molar-refractivity contribution < 1.29 is 14.6 Å². The van der Waals surface area contributed by atoms with Gasteiger partial charge in [-0.1, -0.05) is 12.1 Å². The average Bonchev–Trinajstić information content (AvgIpc) is 2.39. The molecule has 1 aromatic rings. The van der Waals surface area contributed by atoms with Gasteiger partial charge in [-0.3, -0.25) is 4.79 Å². The minimum absolute atomic E-state index is 0.0162. The van der Waals surface area contributed by atoms with E-state index in [0.29, 0.717) is 12.8 Å². The van der Waals surface area contributed by atoms with Crippen molar-refractivity contribution in [2.45, 2.75) is 32.2 Å². The van der Waals surface area contributed by atoms with Gasteiger partial charge >= 0.3 is 0 Å². The van der Waals surface area contributed by atoms with Crippen molar-refractivity contribution in [2.75, 3.05) is 13.7 Å². The first-order valence-electron chi connectivity index (χ1n) is 6.21. The fourth-order valence-corrected chi connectivity index (χ4v) is 1.69. The molecule has 1 atom stereocenters. The van der Waals surface area contributed by atoms with E-state index in [1.165, 1.54) is 0 Å². The van der Waals surface area contributed by atoms with Gasteiger partial charge in [0.2, 0.25) is 5.91 Å². The van der Waals surface area contributed by atoms with Gasteiger partial charge in [-0.25, -0.2) is 0 Å². The molecule has 0 aliphatic heterocycles. The van der Waals surface area contributed by atoms with Gasteiger partial charge in [0.15, 0.2) is 0 Å². The van der Waals surface area contributed by atoms with E-state index in [2.05, 4.69) is 5.32 Å². The van der Waals surface area contributed by atoms with Crippen LogP contribution in [0.4, 0.5) is 0 Å². The molecule has 0 aliphatic carbocycles. The van der Waals surface area contributed by atoms with Crippen molar-refractivity contribution in [1.82, 2.24) is 5.32 Å². The van der Waals surface area contributed by atoms with E-state index in [1.807, 2.05) is 31.2 Å². The van der Waals surface area contributed by atoms with Crippen LogP contribution in [-0.4, -0.2) is 24.7 Å². The Labute approximate surface area is 108 Å². The zero-order valence-corrected chi connectivity index (χ0v) is 11.0. The largest absolute Gasteiger partial charge is 0.497 e. The molecule has 0 saturated heterocycles. The molecule has 100 valence electrons. The van der Waals surface area contributed by atoms with Gasteiger partial charge < -0.3 is 15.2 Å². The number of aliphatic hydroxyl groups is 1. The van der Waals surface area contributed by atoms with E-state index >= 15 is 0 Å². The number of aliphatic hydroxyl groups excluding tert-OH is 1. The number of unbranched alkanes of at least 4 members (excludes halogenated alkanes) is 1. The highest BCUT2D eigenvalue weighted by Crippen LogP contribution is 2.17. The van der Waals surface area contributed by atoms with Crippen molar-refractivity contribution in [2.24, 2.45) is 0 Å². The number of hydrogen-bond acceptors (Lipinski definition) is 3. The van der Waals surface area contributed by atoms with Crippen LogP contribution < -0.4 is 10.1 Å². The molecule has 4 nitrogen and oxygen atoms in total. The van der Waals surface area contributed by atoms with Crippen molar-refractivity contribution in [1.29, 1.82) is 0 Å². The van der Waals surface area contributed by atoms with Crippen LogP contribution in [-0.2, 0) is 4.79 Å². The molecule has 1 rings (SSSR count). The first-order chi connectivity index (χ1) is 8.67. The first-order valence-corrected chi connectivity index (χ1v) is 6.21. The first kappa shape index (κ1) is 14.5. The van der Waals surface area contributed by atoms with E-state index in [-0.39, 0.29) is 18.6 Å². The number of amides is 1. The Kier molecular flexibility index (Phi) is 6.22. The van der Waals surface area contributed by atoms with Crippen LogP contribution in [0.3, 0.4) is 0 Å². The highest BCUT2D eigenvalue weighted by atomic mass is 16.5. The van der Waals surface area contributed by atoms with Crippen LogP contribution in [0.5, 0.6) is 5.75 Å². The Morgan fingerprint density at radius 2 is 2.00 bits per heavy atom. The molecule has 0 radical (unpaired) electrons. The van der Waals surface area contributed by atoms with E-state index < -0.39 is 0 Å². The number of ether oxygens (including phenoxy) is 1. The molecule has 0 fully saturated rings. The molecule has 0 aromatic heterocycles. The Balaban J connectivity index is 2.43. The third-order valence-corrected chi connectivity index (χ3v) is 2.81. The smallest absolute Gasteiger partial charge is 0.220 e. The number of methoxy groups -OCH3 is 1. The summed E-state index contributed by atoms with van der Waals surface area (Å²) in [6, 6.07) is 7.63. The molecule has 0 spiro atoms. The van der Waals surface area contributed by atoms with Crippen molar-refractivity contribution >= 4 is 5.91 Å². The maximum absolute atomic E-state index is 11.6. The molecule has 4 heteroatoms. The second-order valence-corrected chi connectivity index (χ2v) is 4.24. The molecule has 2 N–H and O–H groups in total. The third-order valence-electron chi connectivity index (χ3n) is 2.81. The lowest BCUT2D eigenvalue weighted by Crippen LogP contribution is -2.26. The maximum Gasteiger partial charge on any atom is 0.220 e. The summed E-state index contributed by atoms with van der Waals surface area (Å²) in [5.74, 6) is 0.826. The predicted octanol–water partition coefficient (Wildman–Crippen LogP) is 2.04. The number of hydrogen-bond donors (Lipinski definition) is 2. The molecular formula is C14H21NO3. The second kappa shape index (κ2) is 7.71. The zero-order valence-electron chi connectivity index (χ0n) is 11.0. The highest BCUT2D eigenvalue weighted by Gasteiger charge is 2.09. The monoisotopic (exact) mass is 251 g/mol. The lowest BCUT2D eigenvalue weighted by molar-refractivity contribution is -0.121. The van der Waals surface area contributed by atoms with Crippen LogP contribution in [0.15, 0.2) is 24.3 Å². The molecule has 0 unspecified atom stereocenters. The normalized spacial score (nSPS) is 11.9. The van der Waals surface area contributed by atoms with Gasteiger partial charge in [-0.15, -0.1) is 0 Å². The molecule has 1 amide bonds. The number of benzene rings is 1. The molecule has 0 aliphatic rings. The van der Waals surface area contributed by atoms with Gasteiger partial charge in [-0.2, -0.15) is 0 Å². The fraction of sp³-hybridized carbons (Fsp3) is 0.500. The Morgan fingerprint density at radius 1 is 1.33 bits per heavy atom. The lowest BCUT2D eigenvalue weighted by Gasteiger charge is -2.14. The van der Waals surface area contributed by atoms with E-state index in [4.69, 9.17) is 9.84 Å². The molecule has 18 heavy (non-hydrogen) atoms. The van der Waals surface area contributed by atoms with Crippen LogP contribution >= 0.6 is 0 Å². The van der Waals surface area contributed by atoms with Gasteiger partial charge in [0.05, 0.1) is 13.2 Å². The quantitative estimate of drug-likeness (QED) is 0.729. The van der Waals surface area contributed by atoms with Crippen LogP contribution in [0, 0.1) is 0 Å². The summed E-state index contributed by atoms with van der Waals surface area (Å²) in [6.07, 6.45) is 1.85. The van der Waals surface area contributed by atoms with Crippen LogP contribution in [0.2, 0.25) is 0 Å². The van der Waals surface area contributed by atoms with E-state index in [1.54, 1.807) is 7.11 Å². The summed E-state index contributed by atoms with van der Waals surface area (Å²) in [5.41, 5.74) is 1.05. The maximum atomic E-state index is 11.6. The number of rotatable bonds is 7. The fourth-order valence-electron chi connectivity index (χ4n) is 1.69. The minimum Gasteiger partial charge on any atom is -0.497 e. The molecule has 1 aromatic carbocycles. The SMILES string of the molecule is COc1ccc([C@@H](C)NC(=O)CCCCO)cc1. The molecular weight excluding hydrogens is 230 g/mol.